The number of benzene rings is 2. The number of aromatic nitrogens is 8. The molecule has 74 heavy (non-hydrogen) atoms. The van der Waals surface area contributed by atoms with Crippen LogP contribution in [0, 0.1) is 11.3 Å². The van der Waals surface area contributed by atoms with Crippen LogP contribution in [-0.4, -0.2) is 153 Å². The minimum atomic E-state index is -1.94. The van der Waals surface area contributed by atoms with Gasteiger partial charge in [-0.25, -0.2) is 9.97 Å². The van der Waals surface area contributed by atoms with E-state index >= 15 is 0 Å². The molecule has 31 heteroatoms. The van der Waals surface area contributed by atoms with E-state index in [1.54, 1.807) is 58.4 Å². The Morgan fingerprint density at radius 2 is 1.43 bits per heavy atom. The Morgan fingerprint density at radius 1 is 0.838 bits per heavy atom. The van der Waals surface area contributed by atoms with Gasteiger partial charge >= 0.3 is 31.4 Å². The molecule has 0 aliphatic carbocycles. The van der Waals surface area contributed by atoms with Crippen molar-refractivity contribution in [1.29, 1.82) is 5.26 Å². The highest BCUT2D eigenvalue weighted by atomic mass is 32.2. The van der Waals surface area contributed by atoms with E-state index < -0.39 is 85.5 Å². The van der Waals surface area contributed by atoms with Crippen LogP contribution in [0.15, 0.2) is 87.9 Å². The number of ether oxygens (including phenoxy) is 2. The summed E-state index contributed by atoms with van der Waals surface area (Å²) in [6, 6.07) is 20.4. The van der Waals surface area contributed by atoms with Crippen LogP contribution in [0.5, 0.6) is 0 Å². The van der Waals surface area contributed by atoms with E-state index in [9.17, 15) is 19.9 Å². The van der Waals surface area contributed by atoms with E-state index in [2.05, 4.69) is 41.0 Å². The number of nitrogens with two attached hydrogens (primary N) is 2. The molecule has 4 aromatic heterocycles. The Labute approximate surface area is 430 Å². The predicted molar refractivity (Wildman–Crippen MR) is 274 cm³/mol. The number of anilines is 2. The third kappa shape index (κ3) is 13.2. The number of H-pyrrole nitrogens is 2. The van der Waals surface area contributed by atoms with Crippen molar-refractivity contribution in [2.24, 2.45) is 4.99 Å². The molecular formula is C43H52B2N12O14P2S. The number of aliphatic imine (C=N–C) groups is 1. The zero-order chi connectivity index (χ0) is 51.4. The van der Waals surface area contributed by atoms with E-state index in [4.69, 9.17) is 62.0 Å². The molecule has 2 aromatic carbocycles. The normalized spacial score (nSPS) is 22.5. The molecular weight excluding hydrogens is 1020 g/mol. The van der Waals surface area contributed by atoms with Crippen LogP contribution >= 0.6 is 29.0 Å². The second kappa shape index (κ2) is 26.0. The van der Waals surface area contributed by atoms with Crippen LogP contribution in [0.25, 0.3) is 22.3 Å². The number of nitrogen functional groups attached to an aromatic ring is 2. The number of nitriles is 1. The number of nitrogens with zero attached hydrogens (tertiary/aromatic N) is 8. The zero-order valence-corrected chi connectivity index (χ0v) is 42.4. The zero-order valence-electron chi connectivity index (χ0n) is 39.8. The molecule has 3 fully saturated rings. The molecule has 0 spiro atoms. The average Bonchev–Trinajstić information content (AvgIpc) is 4.25. The first-order valence-electron chi connectivity index (χ1n) is 23.4. The van der Waals surface area contributed by atoms with E-state index in [-0.39, 0.29) is 80.1 Å². The molecule has 9 rings (SSSR count). The minimum absolute atomic E-state index is 0.0258. The van der Waals surface area contributed by atoms with Crippen LogP contribution < -0.4 is 33.5 Å². The van der Waals surface area contributed by atoms with Gasteiger partial charge in [-0.2, -0.15) is 27.0 Å². The van der Waals surface area contributed by atoms with Crippen LogP contribution in [0.4, 0.5) is 11.9 Å². The summed E-state index contributed by atoms with van der Waals surface area (Å²) in [6.07, 6.45) is 0.614. The van der Waals surface area contributed by atoms with Crippen LogP contribution in [0.2, 0.25) is 0 Å². The van der Waals surface area contributed by atoms with Gasteiger partial charge in [-0.3, -0.25) is 28.7 Å². The fraction of sp³-hybridized carbons (Fsp3) is 0.442. The third-order valence-corrected chi connectivity index (χ3v) is 14.7. The summed E-state index contributed by atoms with van der Waals surface area (Å²) in [5.74, 6) is 0.912. The molecule has 390 valence electrons. The van der Waals surface area contributed by atoms with E-state index in [1.807, 2.05) is 36.4 Å². The van der Waals surface area contributed by atoms with Gasteiger partial charge < -0.3 is 72.1 Å². The molecule has 3 unspecified atom stereocenters. The topological polar surface area (TPSA) is 337 Å². The first kappa shape index (κ1) is 53.6. The van der Waals surface area contributed by atoms with Crippen molar-refractivity contribution in [2.75, 3.05) is 69.7 Å². The van der Waals surface area contributed by atoms with E-state index in [0.29, 0.717) is 30.0 Å². The summed E-state index contributed by atoms with van der Waals surface area (Å²) in [6.45, 7) is 0.899. The van der Waals surface area contributed by atoms with Gasteiger partial charge in [0.25, 0.3) is 11.1 Å². The van der Waals surface area contributed by atoms with E-state index in [0.717, 1.165) is 5.46 Å². The Kier molecular flexibility index (Phi) is 18.8. The first-order valence-corrected chi connectivity index (χ1v) is 26.7. The van der Waals surface area contributed by atoms with Gasteiger partial charge in [0.1, 0.15) is 18.3 Å². The lowest BCUT2D eigenvalue weighted by atomic mass is 9.79. The van der Waals surface area contributed by atoms with Gasteiger partial charge in [-0.1, -0.05) is 60.7 Å². The highest BCUT2D eigenvalue weighted by Crippen LogP contribution is 2.45. The maximum Gasteiger partial charge on any atom is 0.494 e. The van der Waals surface area contributed by atoms with Crippen molar-refractivity contribution < 1.29 is 55.6 Å². The van der Waals surface area contributed by atoms with Crippen molar-refractivity contribution in [3.05, 3.63) is 94.0 Å². The number of aromatic amines is 2. The summed E-state index contributed by atoms with van der Waals surface area (Å²) in [7, 11) is -4.10. The largest absolute Gasteiger partial charge is 0.494 e. The summed E-state index contributed by atoms with van der Waals surface area (Å²) < 4.78 is 71.6. The van der Waals surface area contributed by atoms with Crippen LogP contribution in [0.1, 0.15) is 31.7 Å². The number of hydrogen-bond donors (Lipinski definition) is 5. The smallest absolute Gasteiger partial charge is 0.423 e. The Bertz CT molecular complexity index is 2970. The molecule has 9 atom stereocenters. The summed E-state index contributed by atoms with van der Waals surface area (Å²) in [5.41, 5.74) is 12.7. The van der Waals surface area contributed by atoms with Gasteiger partial charge in [-0.15, -0.1) is 0 Å². The number of fused-ring (bicyclic) bond motifs is 3. The van der Waals surface area contributed by atoms with Crippen LogP contribution in [0.3, 0.4) is 0 Å². The molecule has 0 amide bonds. The minimum Gasteiger partial charge on any atom is -0.423 e. The lowest BCUT2D eigenvalue weighted by molar-refractivity contribution is -0.0556. The Morgan fingerprint density at radius 3 is 2.08 bits per heavy atom. The summed E-state index contributed by atoms with van der Waals surface area (Å²) in [4.78, 5) is 51.3. The second-order valence-corrected chi connectivity index (χ2v) is 20.2. The number of hydrogen-bond acceptors (Lipinski definition) is 23. The molecule has 6 aromatic rings. The lowest BCUT2D eigenvalue weighted by Gasteiger charge is -2.22. The van der Waals surface area contributed by atoms with Gasteiger partial charge in [0.2, 0.25) is 11.9 Å². The Hall–Kier alpha value is -5.24. The highest BCUT2D eigenvalue weighted by molar-refractivity contribution is 7.99. The number of nitrogens with one attached hydrogen (secondary N) is 2. The van der Waals surface area contributed by atoms with Crippen molar-refractivity contribution >= 4 is 94.6 Å². The van der Waals surface area contributed by atoms with Crippen molar-refractivity contribution in [3.8, 4) is 6.07 Å². The molecule has 3 saturated heterocycles. The molecule has 7 heterocycles. The average molecular weight is 1080 g/mol. The van der Waals surface area contributed by atoms with E-state index in [1.165, 1.54) is 12.7 Å². The van der Waals surface area contributed by atoms with Gasteiger partial charge in [0.15, 0.2) is 34.8 Å². The third-order valence-electron chi connectivity index (χ3n) is 11.5. The fourth-order valence-corrected chi connectivity index (χ4v) is 11.0. The maximum absolute atomic E-state index is 12.6. The quantitative estimate of drug-likeness (QED) is 0.0213. The standard InChI is InChI=1S/C43H52B2N12O14P2S/c1-49-15-9-17-62-72(65-23-29-22-30(69-44(60)27-10-4-2-5-11-27)40(67-29)56-25-50-32-36(56)52-42(47)54-38(32)58)63-18-20-74-21-19-64-73(61-16-8-14-46)66-24-31-34-35(71-45(70-34)28-12-6-3-7-13-28)41(68-31)57-26-51-33-37(57)53-43(48)55-39(33)59/h2-7,10-13,15,25-26,29-31,34-35,40-41,60H,8-9,16-24H2,1H3,(H3,47,52,54,58)(H3,48,53,55,59)/b49-15+/t29-,30?,31+,34+,35+,40+,41+,72?,73?/m0/s1. The molecule has 3 aliphatic rings. The predicted octanol–water partition coefficient (Wildman–Crippen LogP) is 1.85. The Balaban J connectivity index is 0.776. The number of thioether (sulfide) groups is 1. The molecule has 26 nitrogen and oxygen atoms in total. The SMILES string of the molecule is C/N=C/CCOP(OCCSCCOP(OCCC#N)OC[C@H]1O[C@@H](n2cnc3c(=O)[nH]c(N)nc32)[C@@H]2OB(c3ccccc3)O[C@@H]21)OC[C@@H]1CC(OB(O)c2ccccc2)[C@H](n2cnc3c(=O)[nH]c(N)nc32)O1. The van der Waals surface area contributed by atoms with Gasteiger partial charge in [0.05, 0.1) is 77.0 Å². The lowest BCUT2D eigenvalue weighted by Crippen LogP contribution is -2.39. The summed E-state index contributed by atoms with van der Waals surface area (Å²) >= 11 is 1.56. The highest BCUT2D eigenvalue weighted by Gasteiger charge is 2.55. The first-order chi connectivity index (χ1) is 36.2. The molecule has 7 N–H and O–H groups in total. The molecule has 3 aliphatic heterocycles. The number of imidazole rings is 2. The van der Waals surface area contributed by atoms with Gasteiger partial charge in [0, 0.05) is 37.6 Å². The molecule has 0 radical (unpaired) electrons. The summed E-state index contributed by atoms with van der Waals surface area (Å²) in [5, 5.41) is 20.3. The van der Waals surface area contributed by atoms with Crippen molar-refractivity contribution in [1.82, 2.24) is 39.0 Å². The van der Waals surface area contributed by atoms with Crippen LogP contribution in [-0.2, 0) is 50.6 Å². The maximum atomic E-state index is 12.6. The molecule has 0 saturated carbocycles. The fourth-order valence-electron chi connectivity index (χ4n) is 8.19. The molecule has 0 bridgehead atoms. The van der Waals surface area contributed by atoms with Crippen molar-refractivity contribution in [3.63, 3.8) is 0 Å². The van der Waals surface area contributed by atoms with Crippen molar-refractivity contribution in [2.45, 2.75) is 62.2 Å². The monoisotopic (exact) mass is 1080 g/mol. The van der Waals surface area contributed by atoms with Gasteiger partial charge in [-0.05, 0) is 10.9 Å². The number of rotatable bonds is 27. The second-order valence-electron chi connectivity index (χ2n) is 16.5.